The van der Waals surface area contributed by atoms with Gasteiger partial charge in [0.15, 0.2) is 0 Å². The van der Waals surface area contributed by atoms with Crippen LogP contribution in [0.25, 0.3) is 0 Å². The molecule has 1 aliphatic rings. The van der Waals surface area contributed by atoms with Crippen molar-refractivity contribution in [3.8, 4) is 0 Å². The van der Waals surface area contributed by atoms with E-state index in [0.717, 1.165) is 18.3 Å². The first kappa shape index (κ1) is 8.75. The fourth-order valence-electron chi connectivity index (χ4n) is 1.55. The maximum Gasteiger partial charge on any atom is 0.125 e. The summed E-state index contributed by atoms with van der Waals surface area (Å²) in [5, 5.41) is 3.50. The Balaban J connectivity index is 1.88. The molecular formula is C10H17N3. The lowest BCUT2D eigenvalue weighted by Crippen LogP contribution is -2.23. The van der Waals surface area contributed by atoms with Crippen molar-refractivity contribution in [2.75, 3.05) is 6.54 Å². The van der Waals surface area contributed by atoms with Crippen molar-refractivity contribution in [2.45, 2.75) is 25.8 Å². The Hall–Kier alpha value is -0.830. The Morgan fingerprint density at radius 2 is 2.46 bits per heavy atom. The monoisotopic (exact) mass is 179 g/mol. The van der Waals surface area contributed by atoms with Crippen LogP contribution >= 0.6 is 0 Å². The van der Waals surface area contributed by atoms with Gasteiger partial charge in [0.25, 0.3) is 0 Å². The van der Waals surface area contributed by atoms with Gasteiger partial charge in [-0.3, -0.25) is 0 Å². The molecule has 0 bridgehead atoms. The van der Waals surface area contributed by atoms with Gasteiger partial charge < -0.3 is 9.88 Å². The SMILES string of the molecule is CC(NCC1CC1)c1nccn1C. The molecule has 1 N–H and O–H groups in total. The van der Waals surface area contributed by atoms with Gasteiger partial charge in [0.05, 0.1) is 6.04 Å². The van der Waals surface area contributed by atoms with Crippen LogP contribution in [0.4, 0.5) is 0 Å². The molecule has 1 aliphatic carbocycles. The largest absolute Gasteiger partial charge is 0.337 e. The Bertz CT molecular complexity index is 275. The van der Waals surface area contributed by atoms with Crippen LogP contribution in [-0.4, -0.2) is 16.1 Å². The van der Waals surface area contributed by atoms with Gasteiger partial charge in [0, 0.05) is 19.4 Å². The maximum absolute atomic E-state index is 4.31. The van der Waals surface area contributed by atoms with Crippen LogP contribution in [0.3, 0.4) is 0 Å². The minimum absolute atomic E-state index is 0.376. The summed E-state index contributed by atoms with van der Waals surface area (Å²) in [4.78, 5) is 4.31. The zero-order valence-electron chi connectivity index (χ0n) is 8.33. The summed E-state index contributed by atoms with van der Waals surface area (Å²) in [6.07, 6.45) is 6.65. The minimum atomic E-state index is 0.376. The molecule has 3 nitrogen and oxygen atoms in total. The van der Waals surface area contributed by atoms with Gasteiger partial charge in [-0.1, -0.05) is 0 Å². The summed E-state index contributed by atoms with van der Waals surface area (Å²) in [6, 6.07) is 0.376. The van der Waals surface area contributed by atoms with Gasteiger partial charge in [0.2, 0.25) is 0 Å². The van der Waals surface area contributed by atoms with Crippen LogP contribution in [0.1, 0.15) is 31.6 Å². The molecule has 1 unspecified atom stereocenters. The van der Waals surface area contributed by atoms with E-state index in [4.69, 9.17) is 0 Å². The second-order valence-corrected chi connectivity index (χ2v) is 3.97. The summed E-state index contributed by atoms with van der Waals surface area (Å²) in [6.45, 7) is 3.32. The Morgan fingerprint density at radius 3 is 3.00 bits per heavy atom. The Kier molecular flexibility index (Phi) is 2.36. The molecule has 1 aromatic heterocycles. The van der Waals surface area contributed by atoms with E-state index in [9.17, 15) is 0 Å². The van der Waals surface area contributed by atoms with Crippen molar-refractivity contribution in [2.24, 2.45) is 13.0 Å². The normalized spacial score (nSPS) is 18.9. The minimum Gasteiger partial charge on any atom is -0.337 e. The molecule has 13 heavy (non-hydrogen) atoms. The van der Waals surface area contributed by atoms with Gasteiger partial charge in [-0.2, -0.15) is 0 Å². The first-order chi connectivity index (χ1) is 6.27. The third-order valence-corrected chi connectivity index (χ3v) is 2.66. The highest BCUT2D eigenvalue weighted by atomic mass is 15.1. The molecule has 0 saturated heterocycles. The average Bonchev–Trinajstić information content (AvgIpc) is 2.84. The molecule has 2 rings (SSSR count). The van der Waals surface area contributed by atoms with Gasteiger partial charge in [-0.15, -0.1) is 0 Å². The second-order valence-electron chi connectivity index (χ2n) is 3.97. The van der Waals surface area contributed by atoms with Crippen molar-refractivity contribution >= 4 is 0 Å². The Morgan fingerprint density at radius 1 is 1.69 bits per heavy atom. The van der Waals surface area contributed by atoms with Crippen LogP contribution in [0.5, 0.6) is 0 Å². The van der Waals surface area contributed by atoms with Crippen LogP contribution in [0.15, 0.2) is 12.4 Å². The van der Waals surface area contributed by atoms with E-state index < -0.39 is 0 Å². The highest BCUT2D eigenvalue weighted by Crippen LogP contribution is 2.28. The third-order valence-electron chi connectivity index (χ3n) is 2.66. The van der Waals surface area contributed by atoms with E-state index >= 15 is 0 Å². The molecule has 1 aromatic rings. The number of nitrogens with zero attached hydrogens (tertiary/aromatic N) is 2. The Labute approximate surface area is 79.2 Å². The van der Waals surface area contributed by atoms with Gasteiger partial charge >= 0.3 is 0 Å². The number of aromatic nitrogens is 2. The fourth-order valence-corrected chi connectivity index (χ4v) is 1.55. The van der Waals surface area contributed by atoms with Crippen molar-refractivity contribution in [3.63, 3.8) is 0 Å². The van der Waals surface area contributed by atoms with Gasteiger partial charge in [-0.25, -0.2) is 4.98 Å². The molecule has 0 amide bonds. The molecule has 0 radical (unpaired) electrons. The molecule has 0 aliphatic heterocycles. The lowest BCUT2D eigenvalue weighted by molar-refractivity contribution is 0.513. The molecule has 1 heterocycles. The van der Waals surface area contributed by atoms with E-state index in [1.165, 1.54) is 12.8 Å². The lowest BCUT2D eigenvalue weighted by atomic mass is 10.3. The topological polar surface area (TPSA) is 29.9 Å². The van der Waals surface area contributed by atoms with Gasteiger partial charge in [-0.05, 0) is 32.2 Å². The van der Waals surface area contributed by atoms with Gasteiger partial charge in [0.1, 0.15) is 5.82 Å². The smallest absolute Gasteiger partial charge is 0.125 e. The number of aryl methyl sites for hydroxylation is 1. The van der Waals surface area contributed by atoms with E-state index in [1.54, 1.807) is 0 Å². The van der Waals surface area contributed by atoms with Crippen LogP contribution < -0.4 is 5.32 Å². The number of hydrogen-bond donors (Lipinski definition) is 1. The summed E-state index contributed by atoms with van der Waals surface area (Å²) in [7, 11) is 2.04. The third kappa shape index (κ3) is 2.10. The van der Waals surface area contributed by atoms with Crippen LogP contribution in [-0.2, 0) is 7.05 Å². The average molecular weight is 179 g/mol. The summed E-state index contributed by atoms with van der Waals surface area (Å²) < 4.78 is 2.07. The highest BCUT2D eigenvalue weighted by molar-refractivity contribution is 4.97. The molecule has 3 heteroatoms. The maximum atomic E-state index is 4.31. The molecule has 0 spiro atoms. The summed E-state index contributed by atoms with van der Waals surface area (Å²) >= 11 is 0. The zero-order valence-corrected chi connectivity index (χ0v) is 8.33. The predicted octanol–water partition coefficient (Wildman–Crippen LogP) is 1.48. The van der Waals surface area contributed by atoms with E-state index in [2.05, 4.69) is 21.8 Å². The van der Waals surface area contributed by atoms with Crippen molar-refractivity contribution in [1.82, 2.24) is 14.9 Å². The van der Waals surface area contributed by atoms with Crippen LogP contribution in [0, 0.1) is 5.92 Å². The highest BCUT2D eigenvalue weighted by Gasteiger charge is 2.22. The quantitative estimate of drug-likeness (QED) is 0.758. The molecule has 1 saturated carbocycles. The second kappa shape index (κ2) is 3.50. The number of rotatable bonds is 4. The van der Waals surface area contributed by atoms with Crippen LogP contribution in [0.2, 0.25) is 0 Å². The van der Waals surface area contributed by atoms with E-state index in [-0.39, 0.29) is 0 Å². The standard InChI is InChI=1S/C10H17N3/c1-8(12-7-9-3-4-9)10-11-5-6-13(10)2/h5-6,8-9,12H,3-4,7H2,1-2H3. The van der Waals surface area contributed by atoms with Crippen molar-refractivity contribution in [3.05, 3.63) is 18.2 Å². The van der Waals surface area contributed by atoms with Crippen molar-refractivity contribution < 1.29 is 0 Å². The number of imidazole rings is 1. The molecule has 72 valence electrons. The molecule has 1 fully saturated rings. The first-order valence-electron chi connectivity index (χ1n) is 4.98. The molecular weight excluding hydrogens is 162 g/mol. The first-order valence-corrected chi connectivity index (χ1v) is 4.98. The van der Waals surface area contributed by atoms with E-state index in [0.29, 0.717) is 6.04 Å². The van der Waals surface area contributed by atoms with Crippen molar-refractivity contribution in [1.29, 1.82) is 0 Å². The number of nitrogens with one attached hydrogen (secondary N) is 1. The summed E-state index contributed by atoms with van der Waals surface area (Å²) in [5.74, 6) is 2.06. The fraction of sp³-hybridized carbons (Fsp3) is 0.700. The predicted molar refractivity (Wildman–Crippen MR) is 52.3 cm³/mol. The lowest BCUT2D eigenvalue weighted by Gasteiger charge is -2.12. The van der Waals surface area contributed by atoms with E-state index in [1.807, 2.05) is 19.4 Å². The zero-order chi connectivity index (χ0) is 9.26. The summed E-state index contributed by atoms with van der Waals surface area (Å²) in [5.41, 5.74) is 0. The number of hydrogen-bond acceptors (Lipinski definition) is 2. The molecule has 1 atom stereocenters. The molecule has 0 aromatic carbocycles.